The van der Waals surface area contributed by atoms with Crippen LogP contribution in [0.5, 0.6) is 0 Å². The fourth-order valence-corrected chi connectivity index (χ4v) is 1.65. The molecular formula is C14H22N2O2. The summed E-state index contributed by atoms with van der Waals surface area (Å²) in [6.07, 6.45) is 0. The molecule has 0 saturated carbocycles. The van der Waals surface area contributed by atoms with Gasteiger partial charge in [-0.05, 0) is 17.7 Å². The summed E-state index contributed by atoms with van der Waals surface area (Å²) in [5.41, 5.74) is 1.87. The first kappa shape index (κ1) is 14.7. The number of hydrogen-bond donors (Lipinski definition) is 3. The molecule has 4 heteroatoms. The third-order valence-electron chi connectivity index (χ3n) is 2.79. The maximum absolute atomic E-state index is 11.8. The van der Waals surface area contributed by atoms with E-state index < -0.39 is 0 Å². The molecule has 1 amide bonds. The van der Waals surface area contributed by atoms with E-state index in [1.54, 1.807) is 0 Å². The molecule has 3 N–H and O–H groups in total. The molecule has 0 saturated heterocycles. The molecule has 0 heterocycles. The first-order valence-electron chi connectivity index (χ1n) is 6.34. The first-order valence-corrected chi connectivity index (χ1v) is 6.34. The van der Waals surface area contributed by atoms with E-state index >= 15 is 0 Å². The van der Waals surface area contributed by atoms with Crippen molar-refractivity contribution in [3.05, 3.63) is 35.4 Å². The van der Waals surface area contributed by atoms with E-state index in [0.717, 1.165) is 17.7 Å². The van der Waals surface area contributed by atoms with Crippen LogP contribution in [0.3, 0.4) is 0 Å². The van der Waals surface area contributed by atoms with Crippen molar-refractivity contribution in [2.75, 3.05) is 13.1 Å². The van der Waals surface area contributed by atoms with Crippen LogP contribution in [-0.4, -0.2) is 24.1 Å². The maximum atomic E-state index is 11.8. The molecule has 4 nitrogen and oxygen atoms in total. The lowest BCUT2D eigenvalue weighted by Crippen LogP contribution is -2.34. The minimum absolute atomic E-state index is 0.0264. The van der Waals surface area contributed by atoms with Crippen molar-refractivity contribution in [3.63, 3.8) is 0 Å². The van der Waals surface area contributed by atoms with Gasteiger partial charge in [-0.15, -0.1) is 0 Å². The van der Waals surface area contributed by atoms with Crippen LogP contribution in [0, 0.1) is 5.92 Å². The van der Waals surface area contributed by atoms with Crippen LogP contribution in [0.15, 0.2) is 24.3 Å². The molecule has 1 unspecified atom stereocenters. The molecular weight excluding hydrogens is 228 g/mol. The van der Waals surface area contributed by atoms with Crippen LogP contribution in [0.25, 0.3) is 0 Å². The average molecular weight is 250 g/mol. The van der Waals surface area contributed by atoms with E-state index in [1.807, 2.05) is 38.1 Å². The summed E-state index contributed by atoms with van der Waals surface area (Å²) in [6.45, 7) is 6.02. The van der Waals surface area contributed by atoms with E-state index in [0.29, 0.717) is 13.1 Å². The molecule has 1 aromatic carbocycles. The Balaban J connectivity index is 2.41. The highest BCUT2D eigenvalue weighted by Crippen LogP contribution is 2.05. The number of carbonyl (C=O) groups is 1. The first-order chi connectivity index (χ1) is 8.67. The Bertz CT molecular complexity index is 380. The molecule has 0 aliphatic rings. The SMILES string of the molecule is CCNCC(C)C(=O)NCc1cccc(CO)c1. The number of hydrogen-bond acceptors (Lipinski definition) is 3. The minimum atomic E-state index is -0.0361. The van der Waals surface area contributed by atoms with Crippen molar-refractivity contribution in [1.29, 1.82) is 0 Å². The lowest BCUT2D eigenvalue weighted by Gasteiger charge is -2.12. The summed E-state index contributed by atoms with van der Waals surface area (Å²) in [4.78, 5) is 11.8. The Morgan fingerprint density at radius 2 is 2.11 bits per heavy atom. The molecule has 0 aliphatic heterocycles. The summed E-state index contributed by atoms with van der Waals surface area (Å²) in [6, 6.07) is 7.58. The lowest BCUT2D eigenvalue weighted by atomic mass is 10.1. The van der Waals surface area contributed by atoms with Crippen LogP contribution in [0.4, 0.5) is 0 Å². The second-order valence-corrected chi connectivity index (χ2v) is 4.40. The van der Waals surface area contributed by atoms with Crippen LogP contribution in [0.1, 0.15) is 25.0 Å². The van der Waals surface area contributed by atoms with Gasteiger partial charge in [-0.2, -0.15) is 0 Å². The lowest BCUT2D eigenvalue weighted by molar-refractivity contribution is -0.124. The number of rotatable bonds is 7. The average Bonchev–Trinajstić information content (AvgIpc) is 2.42. The summed E-state index contributed by atoms with van der Waals surface area (Å²) in [7, 11) is 0. The fourth-order valence-electron chi connectivity index (χ4n) is 1.65. The zero-order chi connectivity index (χ0) is 13.4. The monoisotopic (exact) mass is 250 g/mol. The summed E-state index contributed by atoms with van der Waals surface area (Å²) >= 11 is 0. The molecule has 1 atom stereocenters. The zero-order valence-corrected chi connectivity index (χ0v) is 11.1. The van der Waals surface area contributed by atoms with Gasteiger partial charge in [-0.1, -0.05) is 38.1 Å². The largest absolute Gasteiger partial charge is 0.392 e. The quantitative estimate of drug-likeness (QED) is 0.677. The van der Waals surface area contributed by atoms with Gasteiger partial charge in [-0.3, -0.25) is 4.79 Å². The highest BCUT2D eigenvalue weighted by molar-refractivity contribution is 5.78. The highest BCUT2D eigenvalue weighted by Gasteiger charge is 2.11. The van der Waals surface area contributed by atoms with Gasteiger partial charge in [0.1, 0.15) is 0 Å². The van der Waals surface area contributed by atoms with Crippen molar-refractivity contribution in [2.45, 2.75) is 27.0 Å². The van der Waals surface area contributed by atoms with Gasteiger partial charge in [0.25, 0.3) is 0 Å². The van der Waals surface area contributed by atoms with E-state index in [2.05, 4.69) is 10.6 Å². The smallest absolute Gasteiger partial charge is 0.224 e. The third-order valence-corrected chi connectivity index (χ3v) is 2.79. The van der Waals surface area contributed by atoms with E-state index in [4.69, 9.17) is 5.11 Å². The molecule has 0 aliphatic carbocycles. The number of nitrogens with one attached hydrogen (secondary N) is 2. The molecule has 0 fully saturated rings. The van der Waals surface area contributed by atoms with Gasteiger partial charge in [0.05, 0.1) is 6.61 Å². The van der Waals surface area contributed by atoms with Gasteiger partial charge in [0.2, 0.25) is 5.91 Å². The molecule has 1 aromatic rings. The van der Waals surface area contributed by atoms with Gasteiger partial charge in [0.15, 0.2) is 0 Å². The predicted molar refractivity (Wildman–Crippen MR) is 71.9 cm³/mol. The van der Waals surface area contributed by atoms with E-state index in [-0.39, 0.29) is 18.4 Å². The normalized spacial score (nSPS) is 12.2. The number of benzene rings is 1. The molecule has 1 rings (SSSR count). The number of aliphatic hydroxyl groups excluding tert-OH is 1. The van der Waals surface area contributed by atoms with E-state index in [9.17, 15) is 4.79 Å². The Morgan fingerprint density at radius 1 is 1.39 bits per heavy atom. The van der Waals surface area contributed by atoms with Crippen molar-refractivity contribution < 1.29 is 9.90 Å². The summed E-state index contributed by atoms with van der Waals surface area (Å²) < 4.78 is 0. The molecule has 100 valence electrons. The highest BCUT2D eigenvalue weighted by atomic mass is 16.3. The maximum Gasteiger partial charge on any atom is 0.224 e. The molecule has 0 aromatic heterocycles. The van der Waals surface area contributed by atoms with Crippen molar-refractivity contribution >= 4 is 5.91 Å². The standard InChI is InChI=1S/C14H22N2O2/c1-3-15-8-11(2)14(18)16-9-12-5-4-6-13(7-12)10-17/h4-7,11,15,17H,3,8-10H2,1-2H3,(H,16,18). The Hall–Kier alpha value is -1.39. The summed E-state index contributed by atoms with van der Waals surface area (Å²) in [5.74, 6) is 0.0105. The zero-order valence-electron chi connectivity index (χ0n) is 11.1. The second kappa shape index (κ2) is 7.84. The Kier molecular flexibility index (Phi) is 6.39. The van der Waals surface area contributed by atoms with Crippen molar-refractivity contribution in [2.24, 2.45) is 5.92 Å². The molecule has 0 bridgehead atoms. The Morgan fingerprint density at radius 3 is 2.78 bits per heavy atom. The number of carbonyl (C=O) groups excluding carboxylic acids is 1. The number of aliphatic hydroxyl groups is 1. The van der Waals surface area contributed by atoms with E-state index in [1.165, 1.54) is 0 Å². The molecule has 0 spiro atoms. The van der Waals surface area contributed by atoms with Crippen LogP contribution in [-0.2, 0) is 17.9 Å². The number of amides is 1. The van der Waals surface area contributed by atoms with Gasteiger partial charge < -0.3 is 15.7 Å². The third kappa shape index (κ3) is 4.85. The van der Waals surface area contributed by atoms with Crippen molar-refractivity contribution in [1.82, 2.24) is 10.6 Å². The Labute approximate surface area is 108 Å². The van der Waals surface area contributed by atoms with Gasteiger partial charge in [0, 0.05) is 19.0 Å². The predicted octanol–water partition coefficient (Wildman–Crippen LogP) is 1.04. The van der Waals surface area contributed by atoms with Gasteiger partial charge >= 0.3 is 0 Å². The minimum Gasteiger partial charge on any atom is -0.392 e. The second-order valence-electron chi connectivity index (χ2n) is 4.40. The van der Waals surface area contributed by atoms with Crippen molar-refractivity contribution in [3.8, 4) is 0 Å². The fraction of sp³-hybridized carbons (Fsp3) is 0.500. The molecule has 18 heavy (non-hydrogen) atoms. The van der Waals surface area contributed by atoms with Crippen LogP contribution >= 0.6 is 0 Å². The molecule has 0 radical (unpaired) electrons. The van der Waals surface area contributed by atoms with Gasteiger partial charge in [-0.25, -0.2) is 0 Å². The topological polar surface area (TPSA) is 61.4 Å². The van der Waals surface area contributed by atoms with Crippen LogP contribution in [0.2, 0.25) is 0 Å². The summed E-state index contributed by atoms with van der Waals surface area (Å²) in [5, 5.41) is 15.1. The van der Waals surface area contributed by atoms with Crippen LogP contribution < -0.4 is 10.6 Å².